The van der Waals surface area contributed by atoms with E-state index in [1.54, 1.807) is 0 Å². The fourth-order valence-electron chi connectivity index (χ4n) is 3.03. The maximum Gasteiger partial charge on any atom is 0.306 e. The predicted molar refractivity (Wildman–Crippen MR) is 81.0 cm³/mol. The summed E-state index contributed by atoms with van der Waals surface area (Å²) >= 11 is 0. The highest BCUT2D eigenvalue weighted by atomic mass is 16.4. The largest absolute Gasteiger partial charge is 0.481 e. The third kappa shape index (κ3) is 2.37. The van der Waals surface area contributed by atoms with Crippen LogP contribution in [0.3, 0.4) is 0 Å². The van der Waals surface area contributed by atoms with Gasteiger partial charge in [-0.3, -0.25) is 4.79 Å². The van der Waals surface area contributed by atoms with Crippen LogP contribution in [0.5, 0.6) is 0 Å². The van der Waals surface area contributed by atoms with Crippen LogP contribution < -0.4 is 0 Å². The highest BCUT2D eigenvalue weighted by molar-refractivity contribution is 5.93. The molecule has 0 amide bonds. The molecule has 0 aromatic heterocycles. The number of nitrogens with zero attached hydrogens (tertiary/aromatic N) is 1. The van der Waals surface area contributed by atoms with Crippen molar-refractivity contribution in [3.8, 4) is 0 Å². The standard InChI is InChI=1S/C17H23NO2/c1-5-13(16(19)20)10-11-18-12(2)17(3,4)14-8-6-7-9-15(14)18/h6-9,13H,5,10-11H2,1-4H3/p+1. The molecule has 1 aromatic carbocycles. The van der Waals surface area contributed by atoms with Crippen molar-refractivity contribution in [2.75, 3.05) is 6.54 Å². The zero-order chi connectivity index (χ0) is 14.9. The summed E-state index contributed by atoms with van der Waals surface area (Å²) in [5.41, 5.74) is 3.90. The Bertz CT molecular complexity index is 558. The van der Waals surface area contributed by atoms with Crippen LogP contribution in [0.15, 0.2) is 24.3 Å². The maximum atomic E-state index is 11.2. The first kappa shape index (κ1) is 14.8. The van der Waals surface area contributed by atoms with Crippen molar-refractivity contribution in [1.82, 2.24) is 0 Å². The fraction of sp³-hybridized carbons (Fsp3) is 0.529. The highest BCUT2D eigenvalue weighted by Gasteiger charge is 2.42. The van der Waals surface area contributed by atoms with Gasteiger partial charge in [0.15, 0.2) is 5.71 Å². The van der Waals surface area contributed by atoms with Gasteiger partial charge in [0.1, 0.15) is 6.54 Å². The van der Waals surface area contributed by atoms with Crippen LogP contribution in [0, 0.1) is 5.92 Å². The summed E-state index contributed by atoms with van der Waals surface area (Å²) in [5.74, 6) is -0.935. The van der Waals surface area contributed by atoms with E-state index in [-0.39, 0.29) is 11.3 Å². The second-order valence-corrected chi connectivity index (χ2v) is 6.11. The first-order valence-corrected chi connectivity index (χ1v) is 7.33. The molecule has 0 radical (unpaired) electrons. The van der Waals surface area contributed by atoms with Crippen molar-refractivity contribution in [1.29, 1.82) is 0 Å². The Morgan fingerprint density at radius 1 is 1.35 bits per heavy atom. The van der Waals surface area contributed by atoms with E-state index in [1.165, 1.54) is 17.0 Å². The molecule has 0 fully saturated rings. The molecule has 1 N–H and O–H groups in total. The Labute approximate surface area is 121 Å². The van der Waals surface area contributed by atoms with Crippen molar-refractivity contribution in [3.05, 3.63) is 29.8 Å². The summed E-state index contributed by atoms with van der Waals surface area (Å²) in [4.78, 5) is 11.2. The van der Waals surface area contributed by atoms with Gasteiger partial charge in [0.2, 0.25) is 5.69 Å². The van der Waals surface area contributed by atoms with Crippen molar-refractivity contribution >= 4 is 17.4 Å². The summed E-state index contributed by atoms with van der Waals surface area (Å²) < 4.78 is 2.29. The molecule has 1 heterocycles. The van der Waals surface area contributed by atoms with Crippen LogP contribution in [-0.4, -0.2) is 27.9 Å². The molecule has 3 nitrogen and oxygen atoms in total. The number of rotatable bonds is 5. The predicted octanol–water partition coefficient (Wildman–Crippen LogP) is 3.58. The molecule has 1 aromatic rings. The molecule has 1 aliphatic heterocycles. The van der Waals surface area contributed by atoms with Crippen molar-refractivity contribution in [3.63, 3.8) is 0 Å². The molecule has 3 heteroatoms. The topological polar surface area (TPSA) is 40.3 Å². The molecule has 0 saturated heterocycles. The van der Waals surface area contributed by atoms with Gasteiger partial charge in [-0.15, -0.1) is 0 Å². The number of carbonyl (C=O) groups is 1. The van der Waals surface area contributed by atoms with E-state index in [0.717, 1.165) is 6.54 Å². The normalized spacial score (nSPS) is 18.0. The zero-order valence-corrected chi connectivity index (χ0v) is 12.8. The SMILES string of the molecule is CCC(CC[N+]1=C(C)C(C)(C)c2ccccc21)C(=O)O. The van der Waals surface area contributed by atoms with Crippen LogP contribution in [0.1, 0.15) is 46.1 Å². The van der Waals surface area contributed by atoms with E-state index < -0.39 is 5.97 Å². The fourth-order valence-corrected chi connectivity index (χ4v) is 3.03. The quantitative estimate of drug-likeness (QED) is 0.834. The number of hydrogen-bond donors (Lipinski definition) is 1. The molecule has 1 aliphatic rings. The van der Waals surface area contributed by atoms with Gasteiger partial charge in [0.25, 0.3) is 0 Å². The lowest BCUT2D eigenvalue weighted by Crippen LogP contribution is -2.27. The third-order valence-electron chi connectivity index (χ3n) is 4.72. The Balaban J connectivity index is 2.28. The van der Waals surface area contributed by atoms with Crippen molar-refractivity contribution in [2.24, 2.45) is 5.92 Å². The first-order chi connectivity index (χ1) is 9.39. The second kappa shape index (κ2) is 5.39. The molecule has 20 heavy (non-hydrogen) atoms. The van der Waals surface area contributed by atoms with E-state index in [2.05, 4.69) is 49.6 Å². The van der Waals surface area contributed by atoms with Crippen LogP contribution in [0.2, 0.25) is 0 Å². The van der Waals surface area contributed by atoms with Gasteiger partial charge in [-0.1, -0.05) is 25.1 Å². The second-order valence-electron chi connectivity index (χ2n) is 6.11. The van der Waals surface area contributed by atoms with Crippen molar-refractivity contribution in [2.45, 2.75) is 46.0 Å². The highest BCUT2D eigenvalue weighted by Crippen LogP contribution is 2.39. The van der Waals surface area contributed by atoms with E-state index in [9.17, 15) is 9.90 Å². The molecule has 0 saturated carbocycles. The Morgan fingerprint density at radius 2 is 2.00 bits per heavy atom. The van der Waals surface area contributed by atoms with Crippen LogP contribution in [0.4, 0.5) is 5.69 Å². The minimum absolute atomic E-state index is 0.0293. The lowest BCUT2D eigenvalue weighted by Gasteiger charge is -2.14. The molecule has 1 unspecified atom stereocenters. The van der Waals surface area contributed by atoms with Crippen molar-refractivity contribution < 1.29 is 14.5 Å². The average Bonchev–Trinajstić information content (AvgIpc) is 2.60. The molecule has 0 aliphatic carbocycles. The summed E-state index contributed by atoms with van der Waals surface area (Å²) in [5, 5.41) is 9.19. The third-order valence-corrected chi connectivity index (χ3v) is 4.72. The molecule has 0 spiro atoms. The number of carboxylic acid groups (broad SMARTS) is 1. The van der Waals surface area contributed by atoms with E-state index in [4.69, 9.17) is 0 Å². The number of benzene rings is 1. The number of aliphatic carboxylic acids is 1. The monoisotopic (exact) mass is 274 g/mol. The first-order valence-electron chi connectivity index (χ1n) is 7.33. The number of carboxylic acids is 1. The summed E-state index contributed by atoms with van der Waals surface area (Å²) in [6.45, 7) is 9.33. The maximum absolute atomic E-state index is 11.2. The minimum Gasteiger partial charge on any atom is -0.481 e. The number of fused-ring (bicyclic) bond motifs is 1. The molecule has 2 rings (SSSR count). The Kier molecular flexibility index (Phi) is 3.98. The molecule has 1 atom stereocenters. The summed E-state index contributed by atoms with van der Waals surface area (Å²) in [6.07, 6.45) is 1.38. The van der Waals surface area contributed by atoms with Gasteiger partial charge in [0, 0.05) is 25.0 Å². The van der Waals surface area contributed by atoms with Gasteiger partial charge in [-0.05, 0) is 20.3 Å². The lowest BCUT2D eigenvalue weighted by atomic mass is 9.82. The van der Waals surface area contributed by atoms with Crippen LogP contribution in [0.25, 0.3) is 0 Å². The van der Waals surface area contributed by atoms with Crippen LogP contribution in [-0.2, 0) is 10.2 Å². The molecular formula is C17H24NO2+. The summed E-state index contributed by atoms with van der Waals surface area (Å²) in [6, 6.07) is 8.43. The summed E-state index contributed by atoms with van der Waals surface area (Å²) in [7, 11) is 0. The van der Waals surface area contributed by atoms with Gasteiger partial charge >= 0.3 is 5.97 Å². The average molecular weight is 274 g/mol. The van der Waals surface area contributed by atoms with Gasteiger partial charge in [0.05, 0.1) is 11.3 Å². The minimum atomic E-state index is -0.683. The smallest absolute Gasteiger partial charge is 0.306 e. The zero-order valence-electron chi connectivity index (χ0n) is 12.8. The number of para-hydroxylation sites is 1. The Morgan fingerprint density at radius 3 is 2.60 bits per heavy atom. The molecular weight excluding hydrogens is 250 g/mol. The van der Waals surface area contributed by atoms with E-state index >= 15 is 0 Å². The molecule has 0 bridgehead atoms. The number of hydrogen-bond acceptors (Lipinski definition) is 1. The lowest BCUT2D eigenvalue weighted by molar-refractivity contribution is -0.440. The van der Waals surface area contributed by atoms with Crippen LogP contribution >= 0.6 is 0 Å². The van der Waals surface area contributed by atoms with Gasteiger partial charge < -0.3 is 5.11 Å². The molecule has 108 valence electrons. The van der Waals surface area contributed by atoms with E-state index in [0.29, 0.717) is 12.8 Å². The Hall–Kier alpha value is -1.64. The van der Waals surface area contributed by atoms with Gasteiger partial charge in [-0.2, -0.15) is 4.58 Å². The van der Waals surface area contributed by atoms with Gasteiger partial charge in [-0.25, -0.2) is 0 Å². The van der Waals surface area contributed by atoms with E-state index in [1.807, 2.05) is 6.92 Å².